The van der Waals surface area contributed by atoms with Gasteiger partial charge in [0, 0.05) is 50.7 Å². The molecule has 10 nitrogen and oxygen atoms in total. The molecule has 1 fully saturated rings. The number of benzene rings is 2. The lowest BCUT2D eigenvalue weighted by Crippen LogP contribution is -2.41. The number of morpholine rings is 1. The lowest BCUT2D eigenvalue weighted by Gasteiger charge is -2.34. The zero-order chi connectivity index (χ0) is 26.2. The van der Waals surface area contributed by atoms with E-state index in [1.165, 1.54) is 28.6 Å². The minimum Gasteiger partial charge on any atom is -0.378 e. The molecule has 1 aromatic heterocycles. The summed E-state index contributed by atoms with van der Waals surface area (Å²) in [7, 11) is -4.06. The largest absolute Gasteiger partial charge is 0.378 e. The number of rotatable bonds is 6. The maximum Gasteiger partial charge on any atom is 0.289 e. The standard InChI is InChI=1S/C24H23ClFN5O5S/c25-20-5-4-18(14-22(20)31(32)33)37(34,35)30-7-6-21-19(15-30)24(29-8-10-36-11-9-29)28-23(27-21)13-16-2-1-3-17(26)12-16/h1-5,12,14H,6-11,13,15H2. The first-order chi connectivity index (χ1) is 17.7. The van der Waals surface area contributed by atoms with Gasteiger partial charge >= 0.3 is 0 Å². The molecule has 0 saturated carbocycles. The third-order valence-corrected chi connectivity index (χ3v) is 8.52. The molecule has 0 unspecified atom stereocenters. The molecule has 0 radical (unpaired) electrons. The van der Waals surface area contributed by atoms with E-state index in [-0.39, 0.29) is 28.8 Å². The molecule has 13 heteroatoms. The molecule has 0 amide bonds. The number of anilines is 1. The van der Waals surface area contributed by atoms with E-state index in [9.17, 15) is 22.9 Å². The fraction of sp³-hybridized carbons (Fsp3) is 0.333. The van der Waals surface area contributed by atoms with Crippen LogP contribution in [0.3, 0.4) is 0 Å². The predicted molar refractivity (Wildman–Crippen MR) is 134 cm³/mol. The van der Waals surface area contributed by atoms with Crippen LogP contribution in [0.25, 0.3) is 0 Å². The quantitative estimate of drug-likeness (QED) is 0.340. The number of aromatic nitrogens is 2. The van der Waals surface area contributed by atoms with Crippen molar-refractivity contribution < 1.29 is 22.5 Å². The second-order valence-electron chi connectivity index (χ2n) is 8.75. The van der Waals surface area contributed by atoms with Crippen molar-refractivity contribution in [3.63, 3.8) is 0 Å². The Labute approximate surface area is 217 Å². The van der Waals surface area contributed by atoms with E-state index in [2.05, 4.69) is 0 Å². The van der Waals surface area contributed by atoms with E-state index in [0.717, 1.165) is 17.3 Å². The first kappa shape index (κ1) is 25.5. The van der Waals surface area contributed by atoms with Crippen LogP contribution < -0.4 is 4.90 Å². The smallest absolute Gasteiger partial charge is 0.289 e. The summed E-state index contributed by atoms with van der Waals surface area (Å²) in [6.45, 7) is 2.34. The summed E-state index contributed by atoms with van der Waals surface area (Å²) >= 11 is 5.88. The zero-order valence-electron chi connectivity index (χ0n) is 19.6. The van der Waals surface area contributed by atoms with Gasteiger partial charge in [0.2, 0.25) is 10.0 Å². The van der Waals surface area contributed by atoms with E-state index in [0.29, 0.717) is 56.4 Å². The van der Waals surface area contributed by atoms with Gasteiger partial charge in [0.1, 0.15) is 22.5 Å². The first-order valence-electron chi connectivity index (χ1n) is 11.6. The van der Waals surface area contributed by atoms with Gasteiger partial charge in [-0.15, -0.1) is 0 Å². The highest BCUT2D eigenvalue weighted by Gasteiger charge is 2.34. The van der Waals surface area contributed by atoms with E-state index in [1.807, 2.05) is 4.90 Å². The van der Waals surface area contributed by atoms with Gasteiger partial charge in [-0.2, -0.15) is 4.31 Å². The number of hydrogen-bond acceptors (Lipinski definition) is 8. The van der Waals surface area contributed by atoms with Crippen molar-refractivity contribution in [2.75, 3.05) is 37.7 Å². The highest BCUT2D eigenvalue weighted by molar-refractivity contribution is 7.89. The van der Waals surface area contributed by atoms with Crippen molar-refractivity contribution in [2.24, 2.45) is 0 Å². The second-order valence-corrected chi connectivity index (χ2v) is 11.1. The summed E-state index contributed by atoms with van der Waals surface area (Å²) in [6.07, 6.45) is 0.666. The van der Waals surface area contributed by atoms with Gasteiger partial charge in [0.15, 0.2) is 0 Å². The molecule has 0 atom stereocenters. The number of ether oxygens (including phenoxy) is 1. The van der Waals surface area contributed by atoms with Crippen LogP contribution in [0.4, 0.5) is 15.9 Å². The number of nitro groups is 1. The van der Waals surface area contributed by atoms with Gasteiger partial charge in [0.25, 0.3) is 5.69 Å². The van der Waals surface area contributed by atoms with Crippen molar-refractivity contribution in [3.8, 4) is 0 Å². The summed E-state index contributed by atoms with van der Waals surface area (Å²) in [6, 6.07) is 9.72. The van der Waals surface area contributed by atoms with Gasteiger partial charge in [-0.05, 0) is 29.8 Å². The monoisotopic (exact) mass is 547 g/mol. The van der Waals surface area contributed by atoms with E-state index in [4.69, 9.17) is 26.3 Å². The first-order valence-corrected chi connectivity index (χ1v) is 13.4. The molecule has 0 bridgehead atoms. The molecule has 2 aliphatic rings. The summed E-state index contributed by atoms with van der Waals surface area (Å²) in [5.74, 6) is 0.810. The van der Waals surface area contributed by atoms with Crippen LogP contribution in [0.1, 0.15) is 22.6 Å². The molecule has 2 aliphatic heterocycles. The van der Waals surface area contributed by atoms with Crippen LogP contribution in [0.15, 0.2) is 47.4 Å². The van der Waals surface area contributed by atoms with Crippen molar-refractivity contribution in [2.45, 2.75) is 24.3 Å². The molecule has 194 valence electrons. The van der Waals surface area contributed by atoms with Crippen LogP contribution in [0.5, 0.6) is 0 Å². The average molecular weight is 548 g/mol. The summed E-state index contributed by atoms with van der Waals surface area (Å²) in [5.41, 5.74) is 1.68. The Bertz CT molecular complexity index is 1470. The van der Waals surface area contributed by atoms with E-state index < -0.39 is 20.6 Å². The average Bonchev–Trinajstić information content (AvgIpc) is 2.88. The molecule has 3 heterocycles. The lowest BCUT2D eigenvalue weighted by atomic mass is 10.1. The van der Waals surface area contributed by atoms with Crippen molar-refractivity contribution in [1.82, 2.24) is 14.3 Å². The van der Waals surface area contributed by atoms with Crippen molar-refractivity contribution in [3.05, 3.63) is 86.1 Å². The molecule has 5 rings (SSSR count). The molecule has 1 saturated heterocycles. The minimum absolute atomic E-state index is 0.0149. The SMILES string of the molecule is O=[N+]([O-])c1cc(S(=O)(=O)N2CCc3nc(Cc4cccc(F)c4)nc(N4CCOCC4)c3C2)ccc1Cl. The van der Waals surface area contributed by atoms with Crippen LogP contribution >= 0.6 is 11.6 Å². The number of nitrogens with zero attached hydrogens (tertiary/aromatic N) is 5. The van der Waals surface area contributed by atoms with Crippen LogP contribution in [0.2, 0.25) is 5.02 Å². The normalized spacial score (nSPS) is 16.4. The Balaban J connectivity index is 1.51. The summed E-state index contributed by atoms with van der Waals surface area (Å²) < 4.78 is 47.4. The third kappa shape index (κ3) is 5.28. The van der Waals surface area contributed by atoms with Crippen LogP contribution in [-0.4, -0.2) is 60.5 Å². The van der Waals surface area contributed by atoms with E-state index >= 15 is 0 Å². The van der Waals surface area contributed by atoms with Gasteiger partial charge in [-0.1, -0.05) is 23.7 Å². The molecule has 3 aromatic rings. The van der Waals surface area contributed by atoms with Crippen molar-refractivity contribution >= 4 is 33.1 Å². The molecule has 0 N–H and O–H groups in total. The lowest BCUT2D eigenvalue weighted by molar-refractivity contribution is -0.384. The Morgan fingerprint density at radius 1 is 1.11 bits per heavy atom. The summed E-state index contributed by atoms with van der Waals surface area (Å²) in [5, 5.41) is 11.2. The molecule has 0 spiro atoms. The summed E-state index contributed by atoms with van der Waals surface area (Å²) in [4.78, 5) is 21.9. The number of fused-ring (bicyclic) bond motifs is 1. The molecular formula is C24H23ClFN5O5S. The Morgan fingerprint density at radius 3 is 2.62 bits per heavy atom. The second kappa shape index (κ2) is 10.3. The maximum absolute atomic E-state index is 13.7. The van der Waals surface area contributed by atoms with Gasteiger partial charge in [-0.3, -0.25) is 10.1 Å². The Kier molecular flexibility index (Phi) is 7.08. The fourth-order valence-corrected chi connectivity index (χ4v) is 6.13. The number of sulfonamides is 1. The molecular weight excluding hydrogens is 525 g/mol. The topological polar surface area (TPSA) is 119 Å². The van der Waals surface area contributed by atoms with Gasteiger partial charge in [0.05, 0.1) is 28.7 Å². The van der Waals surface area contributed by atoms with E-state index in [1.54, 1.807) is 12.1 Å². The highest BCUT2D eigenvalue weighted by atomic mass is 35.5. The zero-order valence-corrected chi connectivity index (χ0v) is 21.2. The van der Waals surface area contributed by atoms with Crippen LogP contribution in [-0.2, 0) is 34.1 Å². The molecule has 0 aliphatic carbocycles. The maximum atomic E-state index is 13.7. The van der Waals surface area contributed by atoms with Gasteiger partial charge < -0.3 is 9.64 Å². The predicted octanol–water partition coefficient (Wildman–Crippen LogP) is 3.35. The molecule has 2 aromatic carbocycles. The minimum atomic E-state index is -4.06. The fourth-order valence-electron chi connectivity index (χ4n) is 4.51. The molecule has 37 heavy (non-hydrogen) atoms. The highest BCUT2D eigenvalue weighted by Crippen LogP contribution is 2.33. The van der Waals surface area contributed by atoms with Crippen molar-refractivity contribution in [1.29, 1.82) is 0 Å². The Hall–Kier alpha value is -3.19. The van der Waals surface area contributed by atoms with Gasteiger partial charge in [-0.25, -0.2) is 22.8 Å². The number of hydrogen-bond donors (Lipinski definition) is 0. The van der Waals surface area contributed by atoms with Crippen LogP contribution in [0, 0.1) is 15.9 Å². The third-order valence-electron chi connectivity index (χ3n) is 6.36. The Morgan fingerprint density at radius 2 is 1.89 bits per heavy atom. The number of halogens is 2. The number of nitro benzene ring substituents is 1.